The van der Waals surface area contributed by atoms with Crippen molar-refractivity contribution in [3.8, 4) is 0 Å². The predicted octanol–water partition coefficient (Wildman–Crippen LogP) is 2.46. The highest BCUT2D eigenvalue weighted by Crippen LogP contribution is 2.28. The van der Waals surface area contributed by atoms with Crippen molar-refractivity contribution in [2.45, 2.75) is 17.1 Å². The molecule has 0 radical (unpaired) electrons. The molecule has 0 N–H and O–H groups in total. The monoisotopic (exact) mass is 388 g/mol. The zero-order chi connectivity index (χ0) is 17.2. The van der Waals surface area contributed by atoms with Crippen molar-refractivity contribution in [2.75, 3.05) is 26.2 Å². The molecule has 1 saturated heterocycles. The third-order valence-corrected chi connectivity index (χ3v) is 7.50. The van der Waals surface area contributed by atoms with E-state index in [1.165, 1.54) is 10.4 Å². The van der Waals surface area contributed by atoms with Crippen LogP contribution in [0, 0.1) is 0 Å². The average molecular weight is 389 g/mol. The van der Waals surface area contributed by atoms with E-state index < -0.39 is 10.0 Å². The first-order valence-electron chi connectivity index (χ1n) is 7.52. The van der Waals surface area contributed by atoms with Gasteiger partial charge in [0.1, 0.15) is 9.97 Å². The number of carbonyl (C=O) groups excluding carboxylic acids is 1. The number of carbonyl (C=O) groups is 1. The van der Waals surface area contributed by atoms with Crippen LogP contribution in [0.1, 0.15) is 12.2 Å². The normalized spacial score (nSPS) is 16.5. The van der Waals surface area contributed by atoms with Gasteiger partial charge < -0.3 is 9.32 Å². The standard InChI is InChI=1S/C15H17ClN2O4S2/c16-13-4-6-15(23-13)24(20,21)18-9-7-17(8-10-18)14(19)5-3-12-2-1-11-22-12/h1-2,4,6,11H,3,5,7-10H2. The van der Waals surface area contributed by atoms with Crippen molar-refractivity contribution in [1.29, 1.82) is 0 Å². The van der Waals surface area contributed by atoms with Crippen LogP contribution in [0.4, 0.5) is 0 Å². The Labute approximate surface area is 149 Å². The summed E-state index contributed by atoms with van der Waals surface area (Å²) in [5.74, 6) is 0.793. The fourth-order valence-electron chi connectivity index (χ4n) is 2.58. The van der Waals surface area contributed by atoms with Gasteiger partial charge in [0.15, 0.2) is 0 Å². The molecule has 0 atom stereocenters. The lowest BCUT2D eigenvalue weighted by molar-refractivity contribution is -0.132. The van der Waals surface area contributed by atoms with Crippen LogP contribution in [0.25, 0.3) is 0 Å². The van der Waals surface area contributed by atoms with Gasteiger partial charge in [0.05, 0.1) is 10.6 Å². The molecule has 0 unspecified atom stereocenters. The first kappa shape index (κ1) is 17.5. The lowest BCUT2D eigenvalue weighted by atomic mass is 10.2. The topological polar surface area (TPSA) is 70.8 Å². The minimum atomic E-state index is -3.52. The zero-order valence-corrected chi connectivity index (χ0v) is 15.2. The summed E-state index contributed by atoms with van der Waals surface area (Å²) >= 11 is 6.87. The second kappa shape index (κ2) is 7.26. The van der Waals surface area contributed by atoms with E-state index in [1.54, 1.807) is 23.3 Å². The van der Waals surface area contributed by atoms with Crippen LogP contribution in [-0.4, -0.2) is 49.7 Å². The SMILES string of the molecule is O=C(CCc1ccco1)N1CCN(S(=O)(=O)c2ccc(Cl)s2)CC1. The lowest BCUT2D eigenvalue weighted by Gasteiger charge is -2.33. The van der Waals surface area contributed by atoms with E-state index >= 15 is 0 Å². The van der Waals surface area contributed by atoms with Gasteiger partial charge in [-0.2, -0.15) is 4.31 Å². The third kappa shape index (κ3) is 3.83. The van der Waals surface area contributed by atoms with E-state index in [1.807, 2.05) is 6.07 Å². The van der Waals surface area contributed by atoms with E-state index in [2.05, 4.69) is 0 Å². The number of halogens is 1. The highest BCUT2D eigenvalue weighted by atomic mass is 35.5. The molecule has 1 amide bonds. The van der Waals surface area contributed by atoms with Gasteiger partial charge in [0.2, 0.25) is 5.91 Å². The van der Waals surface area contributed by atoms with Crippen molar-refractivity contribution in [3.05, 3.63) is 40.6 Å². The maximum Gasteiger partial charge on any atom is 0.252 e. The fourth-order valence-corrected chi connectivity index (χ4v) is 5.64. The summed E-state index contributed by atoms with van der Waals surface area (Å²) in [6.07, 6.45) is 2.50. The number of piperazine rings is 1. The maximum absolute atomic E-state index is 12.5. The molecule has 2 aromatic rings. The number of amides is 1. The Morgan fingerprint density at radius 2 is 1.96 bits per heavy atom. The molecule has 3 heterocycles. The van der Waals surface area contributed by atoms with Crippen molar-refractivity contribution < 1.29 is 17.6 Å². The Morgan fingerprint density at radius 1 is 1.21 bits per heavy atom. The molecule has 0 bridgehead atoms. The molecule has 0 saturated carbocycles. The van der Waals surface area contributed by atoms with E-state index in [4.69, 9.17) is 16.0 Å². The summed E-state index contributed by atoms with van der Waals surface area (Å²) in [4.78, 5) is 13.9. The first-order valence-corrected chi connectivity index (χ1v) is 10.2. The number of hydrogen-bond donors (Lipinski definition) is 0. The third-order valence-electron chi connectivity index (χ3n) is 3.90. The molecule has 1 aliphatic rings. The van der Waals surface area contributed by atoms with Crippen molar-refractivity contribution >= 4 is 38.9 Å². The van der Waals surface area contributed by atoms with Gasteiger partial charge in [0.25, 0.3) is 10.0 Å². The first-order chi connectivity index (χ1) is 11.5. The second-order valence-electron chi connectivity index (χ2n) is 5.42. The van der Waals surface area contributed by atoms with Crippen LogP contribution >= 0.6 is 22.9 Å². The summed E-state index contributed by atoms with van der Waals surface area (Å²) in [6, 6.07) is 6.72. The van der Waals surface area contributed by atoms with Gasteiger partial charge in [-0.3, -0.25) is 4.79 Å². The molecular formula is C15H17ClN2O4S2. The Hall–Kier alpha value is -1.35. The number of aryl methyl sites for hydroxylation is 1. The van der Waals surface area contributed by atoms with Gasteiger partial charge in [-0.25, -0.2) is 8.42 Å². The molecule has 0 aliphatic carbocycles. The van der Waals surface area contributed by atoms with Gasteiger partial charge >= 0.3 is 0 Å². The maximum atomic E-state index is 12.5. The van der Waals surface area contributed by atoms with E-state index in [9.17, 15) is 13.2 Å². The number of sulfonamides is 1. The van der Waals surface area contributed by atoms with Gasteiger partial charge in [-0.05, 0) is 24.3 Å². The molecule has 6 nitrogen and oxygen atoms in total. The van der Waals surface area contributed by atoms with Crippen LogP contribution in [0.15, 0.2) is 39.2 Å². The van der Waals surface area contributed by atoms with E-state index in [-0.39, 0.29) is 10.1 Å². The minimum Gasteiger partial charge on any atom is -0.469 e. The van der Waals surface area contributed by atoms with Gasteiger partial charge in [-0.1, -0.05) is 11.6 Å². The lowest BCUT2D eigenvalue weighted by Crippen LogP contribution is -2.50. The van der Waals surface area contributed by atoms with Gasteiger partial charge in [0, 0.05) is 39.0 Å². The molecule has 130 valence electrons. The van der Waals surface area contributed by atoms with E-state index in [0.29, 0.717) is 43.4 Å². The van der Waals surface area contributed by atoms with Crippen LogP contribution in [-0.2, 0) is 21.2 Å². The molecule has 3 rings (SSSR count). The summed E-state index contributed by atoms with van der Waals surface area (Å²) in [6.45, 7) is 1.39. The minimum absolute atomic E-state index is 0.0163. The molecule has 9 heteroatoms. The van der Waals surface area contributed by atoms with Gasteiger partial charge in [-0.15, -0.1) is 11.3 Å². The predicted molar refractivity (Wildman–Crippen MR) is 91.7 cm³/mol. The van der Waals surface area contributed by atoms with Crippen molar-refractivity contribution in [3.63, 3.8) is 0 Å². The summed E-state index contributed by atoms with van der Waals surface area (Å²) in [7, 11) is -3.52. The number of hydrogen-bond acceptors (Lipinski definition) is 5. The number of thiophene rings is 1. The number of rotatable bonds is 5. The molecule has 0 aromatic carbocycles. The molecule has 2 aromatic heterocycles. The van der Waals surface area contributed by atoms with Crippen LogP contribution in [0.2, 0.25) is 4.34 Å². The van der Waals surface area contributed by atoms with E-state index in [0.717, 1.165) is 17.1 Å². The summed E-state index contributed by atoms with van der Waals surface area (Å²) in [5.41, 5.74) is 0. The summed E-state index contributed by atoms with van der Waals surface area (Å²) < 4.78 is 32.3. The zero-order valence-electron chi connectivity index (χ0n) is 12.9. The number of nitrogens with zero attached hydrogens (tertiary/aromatic N) is 2. The fraction of sp³-hybridized carbons (Fsp3) is 0.400. The highest BCUT2D eigenvalue weighted by molar-refractivity contribution is 7.91. The molecule has 1 fully saturated rings. The van der Waals surface area contributed by atoms with Crippen molar-refractivity contribution in [2.24, 2.45) is 0 Å². The van der Waals surface area contributed by atoms with Crippen LogP contribution in [0.3, 0.4) is 0 Å². The quantitative estimate of drug-likeness (QED) is 0.788. The molecule has 1 aliphatic heterocycles. The van der Waals surface area contributed by atoms with Crippen LogP contribution < -0.4 is 0 Å². The second-order valence-corrected chi connectivity index (χ2v) is 9.30. The summed E-state index contributed by atoms with van der Waals surface area (Å²) in [5, 5.41) is 0. The molecule has 0 spiro atoms. The Morgan fingerprint density at radius 3 is 2.54 bits per heavy atom. The average Bonchev–Trinajstić information content (AvgIpc) is 3.24. The number of furan rings is 1. The highest BCUT2D eigenvalue weighted by Gasteiger charge is 2.30. The Balaban J connectivity index is 1.54. The largest absolute Gasteiger partial charge is 0.469 e. The Bertz CT molecular complexity index is 793. The van der Waals surface area contributed by atoms with Crippen LogP contribution in [0.5, 0.6) is 0 Å². The Kier molecular flexibility index (Phi) is 5.29. The molecule has 24 heavy (non-hydrogen) atoms. The smallest absolute Gasteiger partial charge is 0.252 e. The molecular weight excluding hydrogens is 372 g/mol. The van der Waals surface area contributed by atoms with Crippen molar-refractivity contribution in [1.82, 2.24) is 9.21 Å².